The van der Waals surface area contributed by atoms with Gasteiger partial charge < -0.3 is 15.3 Å². The second-order valence-electron chi connectivity index (χ2n) is 6.74. The molecule has 20 heavy (non-hydrogen) atoms. The van der Waals surface area contributed by atoms with Crippen LogP contribution in [-0.4, -0.2) is 47.4 Å². The zero-order valence-electron chi connectivity index (χ0n) is 12.6. The molecule has 0 aliphatic carbocycles. The Morgan fingerprint density at radius 2 is 2.05 bits per heavy atom. The van der Waals surface area contributed by atoms with Crippen LogP contribution >= 0.6 is 0 Å². The van der Waals surface area contributed by atoms with Crippen LogP contribution in [0.4, 0.5) is 0 Å². The van der Waals surface area contributed by atoms with Gasteiger partial charge in [0.05, 0.1) is 12.3 Å². The van der Waals surface area contributed by atoms with Gasteiger partial charge in [-0.1, -0.05) is 20.8 Å². The number of carbonyl (C=O) groups is 3. The van der Waals surface area contributed by atoms with E-state index in [4.69, 9.17) is 5.11 Å². The van der Waals surface area contributed by atoms with Gasteiger partial charge in [0.25, 0.3) is 0 Å². The van der Waals surface area contributed by atoms with Crippen molar-refractivity contribution >= 4 is 17.8 Å². The fraction of sp³-hybridized carbons (Fsp3) is 0.786. The molecular weight excluding hydrogens is 260 g/mol. The molecule has 1 heterocycles. The van der Waals surface area contributed by atoms with Crippen molar-refractivity contribution < 1.29 is 19.5 Å². The van der Waals surface area contributed by atoms with Gasteiger partial charge in [-0.2, -0.15) is 0 Å². The lowest BCUT2D eigenvalue weighted by Crippen LogP contribution is -2.42. The summed E-state index contributed by atoms with van der Waals surface area (Å²) in [7, 11) is 1.67. The monoisotopic (exact) mass is 284 g/mol. The molecule has 1 aliphatic heterocycles. The van der Waals surface area contributed by atoms with Crippen molar-refractivity contribution in [2.45, 2.75) is 46.1 Å². The topological polar surface area (TPSA) is 86.7 Å². The standard InChI is InChI=1S/C14H24N2O4/c1-14(2,3)7-10(6-12(18)19)15-13(20)9-5-11(17)16(4)8-9/h9-10H,5-8H2,1-4H3,(H,15,20)(H,18,19). The number of amides is 2. The second kappa shape index (κ2) is 6.24. The molecule has 0 saturated carbocycles. The van der Waals surface area contributed by atoms with E-state index >= 15 is 0 Å². The van der Waals surface area contributed by atoms with Crippen molar-refractivity contribution in [1.82, 2.24) is 10.2 Å². The van der Waals surface area contributed by atoms with Crippen molar-refractivity contribution in [2.75, 3.05) is 13.6 Å². The first kappa shape index (κ1) is 16.5. The van der Waals surface area contributed by atoms with Crippen LogP contribution < -0.4 is 5.32 Å². The Morgan fingerprint density at radius 3 is 2.45 bits per heavy atom. The molecule has 0 spiro atoms. The van der Waals surface area contributed by atoms with E-state index in [0.29, 0.717) is 13.0 Å². The van der Waals surface area contributed by atoms with Gasteiger partial charge in [-0.3, -0.25) is 14.4 Å². The van der Waals surface area contributed by atoms with Crippen molar-refractivity contribution in [3.63, 3.8) is 0 Å². The zero-order valence-corrected chi connectivity index (χ0v) is 12.6. The Bertz CT molecular complexity index is 400. The summed E-state index contributed by atoms with van der Waals surface area (Å²) < 4.78 is 0. The quantitative estimate of drug-likeness (QED) is 0.784. The van der Waals surface area contributed by atoms with Crippen LogP contribution in [0.5, 0.6) is 0 Å². The van der Waals surface area contributed by atoms with E-state index in [2.05, 4.69) is 5.32 Å². The van der Waals surface area contributed by atoms with Crippen LogP contribution in [0.1, 0.15) is 40.0 Å². The normalized spacial score (nSPS) is 20.9. The minimum absolute atomic E-state index is 0.0456. The van der Waals surface area contributed by atoms with Crippen molar-refractivity contribution in [1.29, 1.82) is 0 Å². The van der Waals surface area contributed by atoms with Crippen LogP contribution in [0, 0.1) is 11.3 Å². The molecular formula is C14H24N2O4. The van der Waals surface area contributed by atoms with Gasteiger partial charge in [-0.15, -0.1) is 0 Å². The lowest BCUT2D eigenvalue weighted by atomic mass is 9.86. The summed E-state index contributed by atoms with van der Waals surface area (Å²) in [4.78, 5) is 36.0. The van der Waals surface area contributed by atoms with E-state index in [1.165, 1.54) is 4.90 Å². The van der Waals surface area contributed by atoms with Crippen LogP contribution in [0.15, 0.2) is 0 Å². The molecule has 6 nitrogen and oxygen atoms in total. The average molecular weight is 284 g/mol. The van der Waals surface area contributed by atoms with Crippen LogP contribution in [-0.2, 0) is 14.4 Å². The largest absolute Gasteiger partial charge is 0.481 e. The summed E-state index contributed by atoms with van der Waals surface area (Å²) in [6.07, 6.45) is 0.693. The van der Waals surface area contributed by atoms with Gasteiger partial charge in [0.1, 0.15) is 0 Å². The first-order valence-electron chi connectivity index (χ1n) is 6.84. The van der Waals surface area contributed by atoms with Crippen molar-refractivity contribution in [2.24, 2.45) is 11.3 Å². The predicted molar refractivity (Wildman–Crippen MR) is 74.0 cm³/mol. The van der Waals surface area contributed by atoms with E-state index in [-0.39, 0.29) is 36.0 Å². The molecule has 0 bridgehead atoms. The maximum Gasteiger partial charge on any atom is 0.305 e. The zero-order chi connectivity index (χ0) is 15.5. The summed E-state index contributed by atoms with van der Waals surface area (Å²) in [6.45, 7) is 6.41. The molecule has 2 atom stereocenters. The predicted octanol–water partition coefficient (Wildman–Crippen LogP) is 0.860. The Morgan fingerprint density at radius 1 is 1.45 bits per heavy atom. The molecule has 0 aromatic carbocycles. The summed E-state index contributed by atoms with van der Waals surface area (Å²) in [5.41, 5.74) is -0.0737. The first-order chi connectivity index (χ1) is 9.08. The third kappa shape index (κ3) is 5.19. The van der Waals surface area contributed by atoms with Crippen molar-refractivity contribution in [3.05, 3.63) is 0 Å². The number of carbonyl (C=O) groups excluding carboxylic acids is 2. The van der Waals surface area contributed by atoms with Gasteiger partial charge in [-0.25, -0.2) is 0 Å². The lowest BCUT2D eigenvalue weighted by Gasteiger charge is -2.26. The molecule has 2 N–H and O–H groups in total. The number of hydrogen-bond acceptors (Lipinski definition) is 3. The SMILES string of the molecule is CN1CC(C(=O)NC(CC(=O)O)CC(C)(C)C)CC1=O. The maximum absolute atomic E-state index is 12.1. The van der Waals surface area contributed by atoms with E-state index in [1.807, 2.05) is 20.8 Å². The van der Waals surface area contributed by atoms with Gasteiger partial charge in [0.15, 0.2) is 0 Å². The molecule has 0 aromatic rings. The third-order valence-corrected chi connectivity index (χ3v) is 3.34. The van der Waals surface area contributed by atoms with Gasteiger partial charge in [-0.05, 0) is 11.8 Å². The number of rotatable bonds is 5. The number of hydrogen-bond donors (Lipinski definition) is 2. The smallest absolute Gasteiger partial charge is 0.305 e. The molecule has 1 fully saturated rings. The molecule has 0 radical (unpaired) electrons. The van der Waals surface area contributed by atoms with E-state index in [1.54, 1.807) is 7.05 Å². The first-order valence-corrected chi connectivity index (χ1v) is 6.84. The molecule has 114 valence electrons. The van der Waals surface area contributed by atoms with Gasteiger partial charge in [0.2, 0.25) is 11.8 Å². The molecule has 2 unspecified atom stereocenters. The van der Waals surface area contributed by atoms with Crippen LogP contribution in [0.3, 0.4) is 0 Å². The highest BCUT2D eigenvalue weighted by atomic mass is 16.4. The Kier molecular flexibility index (Phi) is 5.14. The summed E-state index contributed by atoms with van der Waals surface area (Å²) in [5, 5.41) is 11.7. The molecule has 1 aliphatic rings. The van der Waals surface area contributed by atoms with Crippen LogP contribution in [0.2, 0.25) is 0 Å². The lowest BCUT2D eigenvalue weighted by molar-refractivity contribution is -0.138. The Hall–Kier alpha value is -1.59. The summed E-state index contributed by atoms with van der Waals surface area (Å²) >= 11 is 0. The number of carboxylic acids is 1. The fourth-order valence-electron chi connectivity index (χ4n) is 2.48. The molecule has 6 heteroatoms. The van der Waals surface area contributed by atoms with E-state index in [9.17, 15) is 14.4 Å². The molecule has 0 aromatic heterocycles. The highest BCUT2D eigenvalue weighted by Crippen LogP contribution is 2.23. The highest BCUT2D eigenvalue weighted by molar-refractivity contribution is 5.89. The Labute approximate surface area is 119 Å². The Balaban J connectivity index is 2.62. The van der Waals surface area contributed by atoms with Gasteiger partial charge in [0, 0.05) is 26.1 Å². The summed E-state index contributed by atoms with van der Waals surface area (Å²) in [5.74, 6) is -1.57. The number of nitrogens with zero attached hydrogens (tertiary/aromatic N) is 1. The highest BCUT2D eigenvalue weighted by Gasteiger charge is 2.33. The van der Waals surface area contributed by atoms with Crippen molar-refractivity contribution in [3.8, 4) is 0 Å². The van der Waals surface area contributed by atoms with E-state index in [0.717, 1.165) is 0 Å². The van der Waals surface area contributed by atoms with E-state index < -0.39 is 12.0 Å². The number of likely N-dealkylation sites (tertiary alicyclic amines) is 1. The minimum Gasteiger partial charge on any atom is -0.481 e. The minimum atomic E-state index is -0.931. The fourth-order valence-corrected chi connectivity index (χ4v) is 2.48. The van der Waals surface area contributed by atoms with Crippen LogP contribution in [0.25, 0.3) is 0 Å². The second-order valence-corrected chi connectivity index (χ2v) is 6.74. The molecule has 1 rings (SSSR count). The molecule has 2 amide bonds. The number of aliphatic carboxylic acids is 1. The average Bonchev–Trinajstić information content (AvgIpc) is 2.55. The summed E-state index contributed by atoms with van der Waals surface area (Å²) in [6, 6.07) is -0.402. The van der Waals surface area contributed by atoms with Gasteiger partial charge >= 0.3 is 5.97 Å². The third-order valence-electron chi connectivity index (χ3n) is 3.34. The maximum atomic E-state index is 12.1. The molecule has 1 saturated heterocycles. The number of nitrogens with one attached hydrogen (secondary N) is 1. The number of carboxylic acid groups (broad SMARTS) is 1.